The van der Waals surface area contributed by atoms with Crippen molar-refractivity contribution in [3.63, 3.8) is 0 Å². The highest BCUT2D eigenvalue weighted by Gasteiger charge is 2.35. The van der Waals surface area contributed by atoms with Crippen molar-refractivity contribution in [2.24, 2.45) is 5.92 Å². The third kappa shape index (κ3) is 2.40. The molecular weight excluding hydrogens is 250 g/mol. The number of hydrogen-bond donors (Lipinski definition) is 1. The summed E-state index contributed by atoms with van der Waals surface area (Å²) in [6.07, 6.45) is 0.190. The fraction of sp³-hybridized carbons (Fsp3) is 0.333. The monoisotopic (exact) mass is 263 g/mol. The first-order valence-corrected chi connectivity index (χ1v) is 5.77. The van der Waals surface area contributed by atoms with Gasteiger partial charge in [-0.05, 0) is 11.6 Å². The van der Waals surface area contributed by atoms with E-state index in [1.807, 2.05) is 0 Å². The highest BCUT2D eigenvalue weighted by molar-refractivity contribution is 6.03. The summed E-state index contributed by atoms with van der Waals surface area (Å²) in [5, 5.41) is 10.8. The van der Waals surface area contributed by atoms with Gasteiger partial charge in [-0.2, -0.15) is 0 Å². The van der Waals surface area contributed by atoms with Crippen LogP contribution in [0.25, 0.3) is 0 Å². The van der Waals surface area contributed by atoms with Gasteiger partial charge in [-0.15, -0.1) is 0 Å². The lowest BCUT2D eigenvalue weighted by molar-refractivity contribution is -0.384. The highest BCUT2D eigenvalue weighted by atomic mass is 16.6. The smallest absolute Gasteiger partial charge is 0.292 e. The van der Waals surface area contributed by atoms with Crippen LogP contribution in [0.2, 0.25) is 0 Å². The number of benzene rings is 1. The zero-order valence-electron chi connectivity index (χ0n) is 10.3. The van der Waals surface area contributed by atoms with E-state index in [2.05, 4.69) is 0 Å². The van der Waals surface area contributed by atoms with Crippen LogP contribution >= 0.6 is 0 Å². The number of amides is 2. The number of nitro benzene ring substituents is 1. The summed E-state index contributed by atoms with van der Waals surface area (Å²) < 4.78 is 0. The topological polar surface area (TPSA) is 107 Å². The Morgan fingerprint density at radius 2 is 2.16 bits per heavy atom. The predicted octanol–water partition coefficient (Wildman–Crippen LogP) is 1.07. The van der Waals surface area contributed by atoms with Crippen molar-refractivity contribution in [1.82, 2.24) is 4.90 Å². The SMILES string of the molecule is CC1CC(=O)N(Cc2ccc(N)c([N+](=O)[O-])c2)C1=O. The van der Waals surface area contributed by atoms with Crippen LogP contribution in [0.5, 0.6) is 0 Å². The molecule has 2 N–H and O–H groups in total. The molecule has 0 bridgehead atoms. The van der Waals surface area contributed by atoms with Gasteiger partial charge in [0.1, 0.15) is 5.69 Å². The molecular formula is C12H13N3O4. The summed E-state index contributed by atoms with van der Waals surface area (Å²) in [4.78, 5) is 34.7. The molecule has 19 heavy (non-hydrogen) atoms. The largest absolute Gasteiger partial charge is 0.393 e. The van der Waals surface area contributed by atoms with Crippen LogP contribution in [0.15, 0.2) is 18.2 Å². The second kappa shape index (κ2) is 4.68. The van der Waals surface area contributed by atoms with E-state index < -0.39 is 4.92 Å². The van der Waals surface area contributed by atoms with E-state index in [-0.39, 0.29) is 42.1 Å². The second-order valence-corrected chi connectivity index (χ2v) is 4.57. The van der Waals surface area contributed by atoms with Gasteiger partial charge >= 0.3 is 0 Å². The van der Waals surface area contributed by atoms with Crippen molar-refractivity contribution in [3.8, 4) is 0 Å². The molecule has 0 aliphatic carbocycles. The Hall–Kier alpha value is -2.44. The lowest BCUT2D eigenvalue weighted by Gasteiger charge is -2.14. The number of anilines is 1. The molecule has 7 heteroatoms. The summed E-state index contributed by atoms with van der Waals surface area (Å²) >= 11 is 0. The van der Waals surface area contributed by atoms with Crippen LogP contribution in [0, 0.1) is 16.0 Å². The number of nitrogens with zero attached hydrogens (tertiary/aromatic N) is 2. The molecule has 0 aromatic heterocycles. The van der Waals surface area contributed by atoms with E-state index in [1.165, 1.54) is 12.1 Å². The molecule has 0 saturated carbocycles. The number of nitro groups is 1. The Balaban J connectivity index is 2.25. The lowest BCUT2D eigenvalue weighted by Crippen LogP contribution is -2.29. The minimum Gasteiger partial charge on any atom is -0.393 e. The van der Waals surface area contributed by atoms with Gasteiger partial charge in [-0.3, -0.25) is 24.6 Å². The molecule has 0 radical (unpaired) electrons. The molecule has 2 rings (SSSR count). The first kappa shape index (κ1) is 13.0. The molecule has 1 heterocycles. The van der Waals surface area contributed by atoms with Gasteiger partial charge in [-0.25, -0.2) is 0 Å². The molecule has 0 spiro atoms. The maximum atomic E-state index is 11.8. The maximum Gasteiger partial charge on any atom is 0.292 e. The van der Waals surface area contributed by atoms with Gasteiger partial charge < -0.3 is 5.73 Å². The molecule has 1 aromatic rings. The Kier molecular flexibility index (Phi) is 3.20. The van der Waals surface area contributed by atoms with Crippen LogP contribution in [0.3, 0.4) is 0 Å². The number of likely N-dealkylation sites (tertiary alicyclic amines) is 1. The summed E-state index contributed by atoms with van der Waals surface area (Å²) in [7, 11) is 0. The molecule has 1 fully saturated rings. The fourth-order valence-corrected chi connectivity index (χ4v) is 2.04. The van der Waals surface area contributed by atoms with Gasteiger partial charge in [0.05, 0.1) is 11.5 Å². The van der Waals surface area contributed by atoms with Crippen LogP contribution in [-0.4, -0.2) is 21.6 Å². The fourth-order valence-electron chi connectivity index (χ4n) is 2.04. The Morgan fingerprint density at radius 1 is 1.47 bits per heavy atom. The Labute approximate surface area is 109 Å². The van der Waals surface area contributed by atoms with Crippen molar-refractivity contribution >= 4 is 23.2 Å². The zero-order valence-corrected chi connectivity index (χ0v) is 10.3. The molecule has 1 atom stereocenters. The third-order valence-corrected chi connectivity index (χ3v) is 3.10. The second-order valence-electron chi connectivity index (χ2n) is 4.57. The molecule has 1 aliphatic rings. The number of rotatable bonds is 3. The minimum atomic E-state index is -0.588. The highest BCUT2D eigenvalue weighted by Crippen LogP contribution is 2.25. The molecule has 1 aromatic carbocycles. The summed E-state index contributed by atoms with van der Waals surface area (Å²) in [5.74, 6) is -0.822. The summed E-state index contributed by atoms with van der Waals surface area (Å²) in [5.41, 5.74) is 5.84. The van der Waals surface area contributed by atoms with E-state index in [9.17, 15) is 19.7 Å². The quantitative estimate of drug-likeness (QED) is 0.380. The van der Waals surface area contributed by atoms with Gasteiger partial charge in [0.15, 0.2) is 0 Å². The third-order valence-electron chi connectivity index (χ3n) is 3.10. The molecule has 1 aliphatic heterocycles. The number of nitrogen functional groups attached to an aromatic ring is 1. The minimum absolute atomic E-state index is 0.0448. The van der Waals surface area contributed by atoms with Gasteiger partial charge in [0.25, 0.3) is 5.69 Å². The normalized spacial score (nSPS) is 19.0. The summed E-state index contributed by atoms with van der Waals surface area (Å²) in [6.45, 7) is 1.73. The first-order chi connectivity index (χ1) is 8.90. The van der Waals surface area contributed by atoms with Crippen LogP contribution in [0.1, 0.15) is 18.9 Å². The van der Waals surface area contributed by atoms with Crippen LogP contribution in [-0.2, 0) is 16.1 Å². The van der Waals surface area contributed by atoms with E-state index in [0.29, 0.717) is 5.56 Å². The average Bonchev–Trinajstić information content (AvgIpc) is 2.58. The van der Waals surface area contributed by atoms with E-state index in [0.717, 1.165) is 4.90 Å². The van der Waals surface area contributed by atoms with Gasteiger partial charge in [0.2, 0.25) is 11.8 Å². The number of nitrogens with two attached hydrogens (primary N) is 1. The molecule has 2 amide bonds. The molecule has 7 nitrogen and oxygen atoms in total. The van der Waals surface area contributed by atoms with Crippen LogP contribution < -0.4 is 5.73 Å². The van der Waals surface area contributed by atoms with Gasteiger partial charge in [-0.1, -0.05) is 13.0 Å². The van der Waals surface area contributed by atoms with Crippen LogP contribution in [0.4, 0.5) is 11.4 Å². The Bertz CT molecular complexity index is 570. The number of imide groups is 1. The van der Waals surface area contributed by atoms with E-state index >= 15 is 0 Å². The Morgan fingerprint density at radius 3 is 2.68 bits per heavy atom. The molecule has 1 saturated heterocycles. The first-order valence-electron chi connectivity index (χ1n) is 5.77. The van der Waals surface area contributed by atoms with Crippen molar-refractivity contribution in [1.29, 1.82) is 0 Å². The zero-order chi connectivity index (χ0) is 14.2. The lowest BCUT2D eigenvalue weighted by atomic mass is 10.1. The van der Waals surface area contributed by atoms with Crippen molar-refractivity contribution < 1.29 is 14.5 Å². The van der Waals surface area contributed by atoms with E-state index in [4.69, 9.17) is 5.73 Å². The van der Waals surface area contributed by atoms with Crippen molar-refractivity contribution in [3.05, 3.63) is 33.9 Å². The average molecular weight is 263 g/mol. The number of carbonyl (C=O) groups is 2. The molecule has 100 valence electrons. The summed E-state index contributed by atoms with van der Waals surface area (Å²) in [6, 6.07) is 4.27. The number of hydrogen-bond acceptors (Lipinski definition) is 5. The molecule has 1 unspecified atom stereocenters. The van der Waals surface area contributed by atoms with Gasteiger partial charge in [0, 0.05) is 18.4 Å². The van der Waals surface area contributed by atoms with Crippen molar-refractivity contribution in [2.45, 2.75) is 19.9 Å². The maximum absolute atomic E-state index is 11.8. The number of carbonyl (C=O) groups excluding carboxylic acids is 2. The predicted molar refractivity (Wildman–Crippen MR) is 66.8 cm³/mol. The van der Waals surface area contributed by atoms with E-state index in [1.54, 1.807) is 13.0 Å². The van der Waals surface area contributed by atoms with Crippen molar-refractivity contribution in [2.75, 3.05) is 5.73 Å². The standard InChI is InChI=1S/C12H13N3O4/c1-7-4-11(16)14(12(7)17)6-8-2-3-9(13)10(5-8)15(18)19/h2-3,5,7H,4,6,13H2,1H3.